The number of aryl methyl sites for hydroxylation is 1. The molecular weight excluding hydrogens is 320 g/mol. The van der Waals surface area contributed by atoms with Crippen LogP contribution in [0, 0.1) is 13.8 Å². The Morgan fingerprint density at radius 1 is 1.08 bits per heavy atom. The van der Waals surface area contributed by atoms with Gasteiger partial charge in [-0.25, -0.2) is 4.98 Å². The summed E-state index contributed by atoms with van der Waals surface area (Å²) in [5.41, 5.74) is 2.00. The largest absolute Gasteiger partial charge is 0.367 e. The molecule has 1 N–H and O–H groups in total. The normalized spacial score (nSPS) is 24.3. The molecule has 2 fully saturated rings. The molecule has 0 unspecified atom stereocenters. The maximum Gasteiger partial charge on any atom is 0.254 e. The lowest BCUT2D eigenvalue weighted by molar-refractivity contribution is -0.141. The van der Waals surface area contributed by atoms with E-state index in [1.165, 1.54) is 11.2 Å². The minimum absolute atomic E-state index is 0.00802. The van der Waals surface area contributed by atoms with E-state index in [0.29, 0.717) is 18.6 Å². The molecule has 2 amide bonds. The van der Waals surface area contributed by atoms with Gasteiger partial charge in [0.15, 0.2) is 0 Å². The summed E-state index contributed by atoms with van der Waals surface area (Å²) >= 11 is 0. The summed E-state index contributed by atoms with van der Waals surface area (Å²) in [6.07, 6.45) is 5.77. The maximum atomic E-state index is 11.9. The van der Waals surface area contributed by atoms with E-state index in [4.69, 9.17) is 0 Å². The summed E-state index contributed by atoms with van der Waals surface area (Å²) in [6, 6.07) is 0.351. The average Bonchev–Trinajstić information content (AvgIpc) is 3.19. The molecule has 1 aliphatic heterocycles. The van der Waals surface area contributed by atoms with Gasteiger partial charge in [-0.05, 0) is 39.5 Å². The van der Waals surface area contributed by atoms with Crippen molar-refractivity contribution in [1.82, 2.24) is 24.5 Å². The molecule has 0 radical (unpaired) electrons. The number of amides is 2. The van der Waals surface area contributed by atoms with Crippen LogP contribution in [0.4, 0.5) is 5.82 Å². The molecule has 0 atom stereocenters. The number of fused-ring (bicyclic) bond motifs is 1. The van der Waals surface area contributed by atoms with Gasteiger partial charge in [0, 0.05) is 36.2 Å². The Bertz CT molecular complexity index is 821. The minimum Gasteiger partial charge on any atom is -0.367 e. The Hall–Kier alpha value is -2.51. The van der Waals surface area contributed by atoms with Gasteiger partial charge in [0.1, 0.15) is 12.1 Å². The number of carbonyl (C=O) groups is 2. The molecule has 2 aromatic rings. The fourth-order valence-corrected chi connectivity index (χ4v) is 3.88. The number of rotatable bonds is 3. The van der Waals surface area contributed by atoms with Crippen LogP contribution in [0.5, 0.6) is 0 Å². The second kappa shape index (κ2) is 6.09. The fraction of sp³-hybridized carbons (Fsp3) is 0.588. The fourth-order valence-electron chi connectivity index (χ4n) is 3.88. The molecule has 2 aromatic heterocycles. The van der Waals surface area contributed by atoms with Crippen LogP contribution >= 0.6 is 0 Å². The van der Waals surface area contributed by atoms with Crippen molar-refractivity contribution in [3.63, 3.8) is 0 Å². The molecule has 8 nitrogen and oxygen atoms in total. The summed E-state index contributed by atoms with van der Waals surface area (Å²) in [4.78, 5) is 34.0. The number of hydrogen-bond donors (Lipinski definition) is 1. The standard InChI is InChI=1S/C17H22N6O2/c1-10-11(2)20-17-18-9-19-23(17)16(10)21-12-3-5-13(6-4-12)22-14(24)7-8-15(22)25/h9,12-13,21H,3-8H2,1-2H3. The molecule has 0 spiro atoms. The monoisotopic (exact) mass is 342 g/mol. The molecule has 4 rings (SSSR count). The zero-order valence-corrected chi connectivity index (χ0v) is 14.5. The summed E-state index contributed by atoms with van der Waals surface area (Å²) in [5, 5.41) is 7.85. The van der Waals surface area contributed by atoms with E-state index < -0.39 is 0 Å². The summed E-state index contributed by atoms with van der Waals surface area (Å²) in [5.74, 6) is 1.50. The van der Waals surface area contributed by atoms with Crippen LogP contribution in [-0.2, 0) is 9.59 Å². The number of carbonyl (C=O) groups excluding carboxylic acids is 2. The molecule has 8 heteroatoms. The van der Waals surface area contributed by atoms with Crippen LogP contribution in [0.1, 0.15) is 49.8 Å². The van der Waals surface area contributed by atoms with Crippen molar-refractivity contribution in [2.75, 3.05) is 5.32 Å². The first-order valence-electron chi connectivity index (χ1n) is 8.83. The second-order valence-electron chi connectivity index (χ2n) is 6.95. The third-order valence-electron chi connectivity index (χ3n) is 5.40. The van der Waals surface area contributed by atoms with E-state index in [1.807, 2.05) is 13.8 Å². The number of hydrogen-bond acceptors (Lipinski definition) is 6. The van der Waals surface area contributed by atoms with Crippen LogP contribution in [-0.4, -0.2) is 48.4 Å². The number of likely N-dealkylation sites (tertiary alicyclic amines) is 1. The Morgan fingerprint density at radius 3 is 2.44 bits per heavy atom. The van der Waals surface area contributed by atoms with E-state index in [2.05, 4.69) is 20.4 Å². The number of anilines is 1. The Labute approximate surface area is 145 Å². The highest BCUT2D eigenvalue weighted by molar-refractivity contribution is 6.02. The van der Waals surface area contributed by atoms with Crippen LogP contribution in [0.2, 0.25) is 0 Å². The van der Waals surface area contributed by atoms with Gasteiger partial charge in [0.05, 0.1) is 0 Å². The van der Waals surface area contributed by atoms with Crippen molar-refractivity contribution in [2.45, 2.75) is 64.5 Å². The van der Waals surface area contributed by atoms with E-state index >= 15 is 0 Å². The lowest BCUT2D eigenvalue weighted by atomic mass is 9.90. The summed E-state index contributed by atoms with van der Waals surface area (Å²) in [7, 11) is 0. The van der Waals surface area contributed by atoms with Gasteiger partial charge >= 0.3 is 0 Å². The van der Waals surface area contributed by atoms with E-state index in [9.17, 15) is 9.59 Å². The zero-order chi connectivity index (χ0) is 17.6. The smallest absolute Gasteiger partial charge is 0.254 e. The third-order valence-corrected chi connectivity index (χ3v) is 5.40. The van der Waals surface area contributed by atoms with E-state index in [1.54, 1.807) is 4.52 Å². The minimum atomic E-state index is -0.00802. The highest BCUT2D eigenvalue weighted by Gasteiger charge is 2.37. The number of nitrogens with one attached hydrogen (secondary N) is 1. The van der Waals surface area contributed by atoms with Gasteiger partial charge in [0.25, 0.3) is 5.78 Å². The molecule has 0 aromatic carbocycles. The predicted octanol–water partition coefficient (Wildman–Crippen LogP) is 1.61. The Kier molecular flexibility index (Phi) is 3.89. The van der Waals surface area contributed by atoms with Gasteiger partial charge in [-0.1, -0.05) is 0 Å². The Morgan fingerprint density at radius 2 is 1.76 bits per heavy atom. The average molecular weight is 342 g/mol. The molecule has 132 valence electrons. The molecule has 0 bridgehead atoms. The van der Waals surface area contributed by atoms with Crippen molar-refractivity contribution in [3.8, 4) is 0 Å². The van der Waals surface area contributed by atoms with Crippen LogP contribution in [0.15, 0.2) is 6.33 Å². The van der Waals surface area contributed by atoms with Gasteiger partial charge in [0.2, 0.25) is 11.8 Å². The van der Waals surface area contributed by atoms with Crippen molar-refractivity contribution < 1.29 is 9.59 Å². The highest BCUT2D eigenvalue weighted by atomic mass is 16.2. The number of nitrogens with zero attached hydrogens (tertiary/aromatic N) is 5. The first-order valence-corrected chi connectivity index (χ1v) is 8.83. The third kappa shape index (κ3) is 2.75. The summed E-state index contributed by atoms with van der Waals surface area (Å²) < 4.78 is 1.74. The van der Waals surface area contributed by atoms with Crippen LogP contribution < -0.4 is 5.32 Å². The van der Waals surface area contributed by atoms with Gasteiger partial charge in [-0.3, -0.25) is 14.5 Å². The van der Waals surface area contributed by atoms with Crippen LogP contribution in [0.25, 0.3) is 5.78 Å². The first-order chi connectivity index (χ1) is 12.0. The quantitative estimate of drug-likeness (QED) is 0.852. The highest BCUT2D eigenvalue weighted by Crippen LogP contribution is 2.29. The lowest BCUT2D eigenvalue weighted by Crippen LogP contribution is -2.43. The molecule has 1 saturated heterocycles. The van der Waals surface area contributed by atoms with Crippen LogP contribution in [0.3, 0.4) is 0 Å². The topological polar surface area (TPSA) is 92.5 Å². The van der Waals surface area contributed by atoms with Crippen molar-refractivity contribution in [1.29, 1.82) is 0 Å². The first kappa shape index (κ1) is 16.0. The Balaban J connectivity index is 1.48. The van der Waals surface area contributed by atoms with Gasteiger partial charge in [-0.2, -0.15) is 14.6 Å². The second-order valence-corrected chi connectivity index (χ2v) is 6.95. The van der Waals surface area contributed by atoms with Gasteiger partial charge < -0.3 is 5.32 Å². The number of aromatic nitrogens is 4. The molecule has 25 heavy (non-hydrogen) atoms. The maximum absolute atomic E-state index is 11.9. The van der Waals surface area contributed by atoms with Crippen molar-refractivity contribution >= 4 is 23.4 Å². The predicted molar refractivity (Wildman–Crippen MR) is 91.0 cm³/mol. The van der Waals surface area contributed by atoms with Crippen molar-refractivity contribution in [2.24, 2.45) is 0 Å². The van der Waals surface area contributed by atoms with Crippen molar-refractivity contribution in [3.05, 3.63) is 17.6 Å². The molecule has 1 aliphatic carbocycles. The van der Waals surface area contributed by atoms with Gasteiger partial charge in [-0.15, -0.1) is 0 Å². The molecular formula is C17H22N6O2. The molecule has 1 saturated carbocycles. The molecule has 3 heterocycles. The number of imide groups is 1. The summed E-state index contributed by atoms with van der Waals surface area (Å²) in [6.45, 7) is 4.00. The van der Waals surface area contributed by atoms with E-state index in [-0.39, 0.29) is 23.9 Å². The van der Waals surface area contributed by atoms with E-state index in [0.717, 1.165) is 42.8 Å². The lowest BCUT2D eigenvalue weighted by Gasteiger charge is -2.34. The zero-order valence-electron chi connectivity index (χ0n) is 14.5. The molecule has 2 aliphatic rings. The SMILES string of the molecule is Cc1nc2ncnn2c(NC2CCC(N3C(=O)CCC3=O)CC2)c1C.